The Morgan fingerprint density at radius 3 is 2.95 bits per heavy atom. The van der Waals surface area contributed by atoms with Crippen molar-refractivity contribution < 1.29 is 4.74 Å². The molecule has 2 aromatic rings. The van der Waals surface area contributed by atoms with Gasteiger partial charge in [0.1, 0.15) is 5.69 Å². The molecule has 0 atom stereocenters. The Kier molecular flexibility index (Phi) is 3.21. The van der Waals surface area contributed by atoms with E-state index >= 15 is 0 Å². The number of nitrogen functional groups attached to an aromatic ring is 1. The minimum Gasteiger partial charge on any atom is -0.396 e. The summed E-state index contributed by atoms with van der Waals surface area (Å²) in [7, 11) is 0. The summed E-state index contributed by atoms with van der Waals surface area (Å²) in [5.74, 6) is 0. The van der Waals surface area contributed by atoms with E-state index in [-0.39, 0.29) is 0 Å². The molecule has 3 rings (SSSR count). The van der Waals surface area contributed by atoms with Crippen molar-refractivity contribution in [1.82, 2.24) is 14.8 Å². The Balaban J connectivity index is 1.76. The van der Waals surface area contributed by atoms with Crippen LogP contribution in [0.15, 0.2) is 30.6 Å². The highest BCUT2D eigenvalue weighted by atomic mass is 16.5. The van der Waals surface area contributed by atoms with E-state index < -0.39 is 0 Å². The highest BCUT2D eigenvalue weighted by Gasteiger charge is 2.32. The van der Waals surface area contributed by atoms with Crippen LogP contribution in [0.4, 0.5) is 5.69 Å². The smallest absolute Gasteiger partial charge is 0.134 e. The Hall–Kier alpha value is -1.88. The van der Waals surface area contributed by atoms with Gasteiger partial charge in [0.25, 0.3) is 0 Å². The first kappa shape index (κ1) is 12.2. The van der Waals surface area contributed by atoms with E-state index in [9.17, 15) is 0 Å². The molecular formula is C14H18N4O. The molecule has 5 heteroatoms. The van der Waals surface area contributed by atoms with Gasteiger partial charge in [0.05, 0.1) is 23.5 Å². The van der Waals surface area contributed by atoms with Gasteiger partial charge in [0.2, 0.25) is 0 Å². The number of nitrogens with two attached hydrogens (primary N) is 1. The lowest BCUT2D eigenvalue weighted by Gasteiger charge is -2.34. The number of hydrogen-bond acceptors (Lipinski definition) is 4. The molecule has 0 amide bonds. The van der Waals surface area contributed by atoms with Crippen LogP contribution in [0, 0.1) is 0 Å². The number of ether oxygens (including phenoxy) is 1. The van der Waals surface area contributed by atoms with Gasteiger partial charge in [0.15, 0.2) is 0 Å². The minimum absolute atomic E-state index is 0.374. The Labute approximate surface area is 112 Å². The maximum Gasteiger partial charge on any atom is 0.134 e. The number of pyridine rings is 1. The first-order valence-electron chi connectivity index (χ1n) is 6.65. The van der Waals surface area contributed by atoms with Crippen LogP contribution in [0.5, 0.6) is 0 Å². The summed E-state index contributed by atoms with van der Waals surface area (Å²) in [6.45, 7) is 2.80. The predicted molar refractivity (Wildman–Crippen MR) is 73.6 cm³/mol. The van der Waals surface area contributed by atoms with Crippen molar-refractivity contribution in [3.05, 3.63) is 30.6 Å². The van der Waals surface area contributed by atoms with Crippen LogP contribution in [0.3, 0.4) is 0 Å². The van der Waals surface area contributed by atoms with Gasteiger partial charge in [0, 0.05) is 19.0 Å². The quantitative estimate of drug-likeness (QED) is 0.913. The molecule has 100 valence electrons. The zero-order valence-corrected chi connectivity index (χ0v) is 11.0. The summed E-state index contributed by atoms with van der Waals surface area (Å²) in [6, 6.07) is 6.15. The topological polar surface area (TPSA) is 66.0 Å². The van der Waals surface area contributed by atoms with Crippen LogP contribution in [-0.2, 0) is 4.74 Å². The van der Waals surface area contributed by atoms with Crippen molar-refractivity contribution in [3.8, 4) is 11.4 Å². The van der Waals surface area contributed by atoms with Crippen molar-refractivity contribution >= 4 is 5.69 Å². The van der Waals surface area contributed by atoms with Crippen LogP contribution in [-0.4, -0.2) is 27.5 Å². The molecule has 0 saturated heterocycles. The maximum atomic E-state index is 6.03. The SMILES string of the molecule is CCOC1CC(n2cc(N)c(-c3ccccn3)n2)C1. The van der Waals surface area contributed by atoms with Crippen LogP contribution < -0.4 is 5.73 Å². The van der Waals surface area contributed by atoms with Crippen LogP contribution in [0.1, 0.15) is 25.8 Å². The van der Waals surface area contributed by atoms with Crippen LogP contribution in [0.25, 0.3) is 11.4 Å². The van der Waals surface area contributed by atoms with E-state index in [0.29, 0.717) is 17.8 Å². The van der Waals surface area contributed by atoms with Crippen molar-refractivity contribution in [3.63, 3.8) is 0 Å². The molecule has 0 radical (unpaired) electrons. The Morgan fingerprint density at radius 2 is 2.26 bits per heavy atom. The van der Waals surface area contributed by atoms with Gasteiger partial charge < -0.3 is 10.5 Å². The Bertz CT molecular complexity index is 546. The zero-order chi connectivity index (χ0) is 13.2. The summed E-state index contributed by atoms with van der Waals surface area (Å²) < 4.78 is 7.52. The van der Waals surface area contributed by atoms with Gasteiger partial charge in [-0.15, -0.1) is 0 Å². The minimum atomic E-state index is 0.374. The molecule has 1 saturated carbocycles. The van der Waals surface area contributed by atoms with E-state index in [1.165, 1.54) is 0 Å². The highest BCUT2D eigenvalue weighted by molar-refractivity contribution is 5.68. The molecule has 19 heavy (non-hydrogen) atoms. The van der Waals surface area contributed by atoms with Crippen molar-refractivity contribution in [2.24, 2.45) is 0 Å². The van der Waals surface area contributed by atoms with Crippen LogP contribution in [0.2, 0.25) is 0 Å². The summed E-state index contributed by atoms with van der Waals surface area (Å²) >= 11 is 0. The third kappa shape index (κ3) is 2.33. The first-order chi connectivity index (χ1) is 9.28. The third-order valence-corrected chi connectivity index (χ3v) is 3.51. The lowest BCUT2D eigenvalue weighted by molar-refractivity contribution is -0.0226. The third-order valence-electron chi connectivity index (χ3n) is 3.51. The molecule has 1 fully saturated rings. The summed E-state index contributed by atoms with van der Waals surface area (Å²) in [4.78, 5) is 4.29. The first-order valence-corrected chi connectivity index (χ1v) is 6.65. The summed E-state index contributed by atoms with van der Waals surface area (Å²) in [6.07, 6.45) is 6.05. The van der Waals surface area contributed by atoms with Gasteiger partial charge in [-0.3, -0.25) is 9.67 Å². The van der Waals surface area contributed by atoms with Crippen molar-refractivity contribution in [2.45, 2.75) is 31.9 Å². The molecule has 2 heterocycles. The predicted octanol–water partition coefficient (Wildman–Crippen LogP) is 2.27. The number of rotatable bonds is 4. The van der Waals surface area contributed by atoms with Gasteiger partial charge >= 0.3 is 0 Å². The average molecular weight is 258 g/mol. The maximum absolute atomic E-state index is 6.03. The molecular weight excluding hydrogens is 240 g/mol. The van der Waals surface area contributed by atoms with E-state index in [1.54, 1.807) is 6.20 Å². The van der Waals surface area contributed by atoms with E-state index in [0.717, 1.165) is 30.8 Å². The summed E-state index contributed by atoms with van der Waals surface area (Å²) in [5.41, 5.74) is 8.29. The van der Waals surface area contributed by atoms with E-state index in [2.05, 4.69) is 10.1 Å². The molecule has 2 aromatic heterocycles. The lowest BCUT2D eigenvalue weighted by Crippen LogP contribution is -2.33. The van der Waals surface area contributed by atoms with E-state index in [1.807, 2.05) is 36.0 Å². The largest absolute Gasteiger partial charge is 0.396 e. The van der Waals surface area contributed by atoms with Gasteiger partial charge in [-0.1, -0.05) is 6.07 Å². The van der Waals surface area contributed by atoms with Crippen LogP contribution >= 0.6 is 0 Å². The number of nitrogens with zero attached hydrogens (tertiary/aromatic N) is 3. The fourth-order valence-electron chi connectivity index (χ4n) is 2.42. The number of hydrogen-bond donors (Lipinski definition) is 1. The zero-order valence-electron chi connectivity index (χ0n) is 11.0. The second-order valence-electron chi connectivity index (χ2n) is 4.83. The highest BCUT2D eigenvalue weighted by Crippen LogP contribution is 2.35. The molecule has 0 aromatic carbocycles. The van der Waals surface area contributed by atoms with Crippen molar-refractivity contribution in [2.75, 3.05) is 12.3 Å². The molecule has 0 aliphatic heterocycles. The van der Waals surface area contributed by atoms with Gasteiger partial charge in [-0.2, -0.15) is 5.10 Å². The van der Waals surface area contributed by atoms with Gasteiger partial charge in [-0.05, 0) is 31.9 Å². The second-order valence-corrected chi connectivity index (χ2v) is 4.83. The molecule has 0 spiro atoms. The second kappa shape index (κ2) is 5.01. The normalized spacial score (nSPS) is 22.2. The van der Waals surface area contributed by atoms with E-state index in [4.69, 9.17) is 10.5 Å². The fraction of sp³-hybridized carbons (Fsp3) is 0.429. The fourth-order valence-corrected chi connectivity index (χ4v) is 2.42. The number of anilines is 1. The molecule has 2 N–H and O–H groups in total. The molecule has 0 unspecified atom stereocenters. The standard InChI is InChI=1S/C14H18N4O/c1-2-19-11-7-10(8-11)18-9-12(15)14(17-18)13-5-3-4-6-16-13/h3-6,9-11H,2,7-8,15H2,1H3. The Morgan fingerprint density at radius 1 is 1.42 bits per heavy atom. The summed E-state index contributed by atoms with van der Waals surface area (Å²) in [5, 5.41) is 4.57. The molecule has 1 aliphatic rings. The van der Waals surface area contributed by atoms with Gasteiger partial charge in [-0.25, -0.2) is 0 Å². The average Bonchev–Trinajstić information content (AvgIpc) is 2.76. The van der Waals surface area contributed by atoms with Crippen molar-refractivity contribution in [1.29, 1.82) is 0 Å². The lowest BCUT2D eigenvalue weighted by atomic mass is 9.89. The molecule has 1 aliphatic carbocycles. The molecule has 0 bridgehead atoms. The number of aromatic nitrogens is 3. The monoisotopic (exact) mass is 258 g/mol. The molecule has 5 nitrogen and oxygen atoms in total.